The third-order valence-electron chi connectivity index (χ3n) is 3.69. The molecule has 1 aliphatic rings. The van der Waals surface area contributed by atoms with E-state index in [0.717, 1.165) is 26.2 Å². The topological polar surface area (TPSA) is 31.4 Å². The zero-order valence-electron chi connectivity index (χ0n) is 13.2. The molecule has 1 aromatic heterocycles. The number of thiazole rings is 1. The number of rotatable bonds is 5. The van der Waals surface area contributed by atoms with Gasteiger partial charge in [-0.05, 0) is 39.4 Å². The summed E-state index contributed by atoms with van der Waals surface area (Å²) in [5.41, 5.74) is 1.18. The maximum Gasteiger partial charge on any atom is 0.185 e. The second-order valence-electron chi connectivity index (χ2n) is 6.30. The fraction of sp³-hybridized carbons (Fsp3) is 0.800. The lowest BCUT2D eigenvalue weighted by molar-refractivity contribution is 0.337. The number of nitrogens with zero attached hydrogens (tertiary/aromatic N) is 3. The summed E-state index contributed by atoms with van der Waals surface area (Å²) in [4.78, 5) is 9.70. The normalized spacial score (nSPS) is 21.4. The van der Waals surface area contributed by atoms with Gasteiger partial charge in [0.05, 0.1) is 5.69 Å². The summed E-state index contributed by atoms with van der Waals surface area (Å²) >= 11 is 1.79. The van der Waals surface area contributed by atoms with Crippen molar-refractivity contribution in [3.8, 4) is 0 Å². The van der Waals surface area contributed by atoms with Gasteiger partial charge in [-0.2, -0.15) is 0 Å². The van der Waals surface area contributed by atoms with Crippen molar-refractivity contribution in [2.75, 3.05) is 38.1 Å². The Bertz CT molecular complexity index is 404. The van der Waals surface area contributed by atoms with Crippen LogP contribution in [0.1, 0.15) is 32.9 Å². The van der Waals surface area contributed by atoms with Crippen LogP contribution in [0.4, 0.5) is 5.13 Å². The van der Waals surface area contributed by atoms with Crippen LogP contribution in [-0.2, 0) is 6.54 Å². The van der Waals surface area contributed by atoms with Crippen molar-refractivity contribution in [2.45, 2.75) is 39.8 Å². The third-order valence-corrected chi connectivity index (χ3v) is 4.62. The Morgan fingerprint density at radius 2 is 2.25 bits per heavy atom. The molecule has 0 aliphatic carbocycles. The van der Waals surface area contributed by atoms with E-state index < -0.39 is 0 Å². The van der Waals surface area contributed by atoms with Gasteiger partial charge in [-0.15, -0.1) is 11.3 Å². The van der Waals surface area contributed by atoms with Crippen LogP contribution in [0.15, 0.2) is 5.38 Å². The minimum Gasteiger partial charge on any atom is -0.344 e. The third kappa shape index (κ3) is 4.43. The number of anilines is 1. The smallest absolute Gasteiger partial charge is 0.185 e. The Balaban J connectivity index is 1.93. The molecule has 20 heavy (non-hydrogen) atoms. The predicted molar refractivity (Wildman–Crippen MR) is 87.6 cm³/mol. The van der Waals surface area contributed by atoms with E-state index in [2.05, 4.69) is 48.3 Å². The molecule has 2 heterocycles. The predicted octanol–water partition coefficient (Wildman–Crippen LogP) is 2.42. The Morgan fingerprint density at radius 1 is 1.45 bits per heavy atom. The highest BCUT2D eigenvalue weighted by Crippen LogP contribution is 2.24. The average molecular weight is 296 g/mol. The van der Waals surface area contributed by atoms with Crippen molar-refractivity contribution in [3.63, 3.8) is 0 Å². The van der Waals surface area contributed by atoms with Gasteiger partial charge in [0.15, 0.2) is 5.13 Å². The van der Waals surface area contributed by atoms with Gasteiger partial charge in [0.25, 0.3) is 0 Å². The zero-order valence-corrected chi connectivity index (χ0v) is 14.0. The van der Waals surface area contributed by atoms with Gasteiger partial charge in [0.1, 0.15) is 0 Å². The molecule has 0 spiro atoms. The largest absolute Gasteiger partial charge is 0.344 e. The van der Waals surface area contributed by atoms with Crippen molar-refractivity contribution in [2.24, 2.45) is 5.92 Å². The van der Waals surface area contributed by atoms with E-state index in [9.17, 15) is 0 Å². The molecule has 2 rings (SSSR count). The Morgan fingerprint density at radius 3 is 3.00 bits per heavy atom. The summed E-state index contributed by atoms with van der Waals surface area (Å²) in [6.07, 6.45) is 1.22. The van der Waals surface area contributed by atoms with Gasteiger partial charge in [-0.3, -0.25) is 0 Å². The molecule has 0 amide bonds. The zero-order chi connectivity index (χ0) is 14.5. The van der Waals surface area contributed by atoms with Gasteiger partial charge < -0.3 is 15.1 Å². The highest BCUT2D eigenvalue weighted by Gasteiger charge is 2.21. The molecule has 1 saturated heterocycles. The van der Waals surface area contributed by atoms with Gasteiger partial charge >= 0.3 is 0 Å². The first-order valence-electron chi connectivity index (χ1n) is 7.66. The van der Waals surface area contributed by atoms with Crippen LogP contribution >= 0.6 is 11.3 Å². The van der Waals surface area contributed by atoms with Crippen molar-refractivity contribution >= 4 is 16.5 Å². The fourth-order valence-electron chi connectivity index (χ4n) is 2.65. The summed E-state index contributed by atoms with van der Waals surface area (Å²) in [6.45, 7) is 12.1. The van der Waals surface area contributed by atoms with Crippen LogP contribution in [0.2, 0.25) is 0 Å². The van der Waals surface area contributed by atoms with Gasteiger partial charge in [-0.25, -0.2) is 4.98 Å². The standard InChI is InChI=1S/C15H28N4S/c1-12(2)8-16-9-14-11-20-15(17-14)19-7-5-6-18(4)10-13(19)3/h11-13,16H,5-10H2,1-4H3. The first-order chi connectivity index (χ1) is 9.56. The lowest BCUT2D eigenvalue weighted by atomic mass is 10.2. The molecule has 0 radical (unpaired) electrons. The molecular weight excluding hydrogens is 268 g/mol. The van der Waals surface area contributed by atoms with Crippen LogP contribution in [0.5, 0.6) is 0 Å². The quantitative estimate of drug-likeness (QED) is 0.904. The monoisotopic (exact) mass is 296 g/mol. The average Bonchev–Trinajstić information content (AvgIpc) is 2.75. The van der Waals surface area contributed by atoms with Gasteiger partial charge in [-0.1, -0.05) is 13.8 Å². The van der Waals surface area contributed by atoms with Crippen molar-refractivity contribution in [1.82, 2.24) is 15.2 Å². The van der Waals surface area contributed by atoms with Crippen LogP contribution in [0.25, 0.3) is 0 Å². The number of nitrogens with one attached hydrogen (secondary N) is 1. The number of hydrogen-bond acceptors (Lipinski definition) is 5. The van der Waals surface area contributed by atoms with E-state index in [0.29, 0.717) is 12.0 Å². The first kappa shape index (κ1) is 15.7. The second kappa shape index (κ2) is 7.38. The highest BCUT2D eigenvalue weighted by atomic mass is 32.1. The summed E-state index contributed by atoms with van der Waals surface area (Å²) in [5, 5.41) is 6.85. The maximum atomic E-state index is 4.81. The molecule has 1 unspecified atom stereocenters. The summed E-state index contributed by atoms with van der Waals surface area (Å²) in [7, 11) is 2.21. The SMILES string of the molecule is CC(C)CNCc1csc(N2CCCN(C)CC2C)n1. The van der Waals surface area contributed by atoms with Crippen molar-refractivity contribution in [1.29, 1.82) is 0 Å². The van der Waals surface area contributed by atoms with E-state index in [1.807, 2.05) is 0 Å². The van der Waals surface area contributed by atoms with Crippen molar-refractivity contribution < 1.29 is 0 Å². The second-order valence-corrected chi connectivity index (χ2v) is 7.14. The molecule has 0 aromatic carbocycles. The Kier molecular flexibility index (Phi) is 5.81. The number of likely N-dealkylation sites (N-methyl/N-ethyl adjacent to an activating group) is 1. The molecule has 4 nitrogen and oxygen atoms in total. The van der Waals surface area contributed by atoms with Gasteiger partial charge in [0, 0.05) is 31.1 Å². The van der Waals surface area contributed by atoms with E-state index >= 15 is 0 Å². The lowest BCUT2D eigenvalue weighted by Crippen LogP contribution is -2.37. The Labute approximate surface area is 127 Å². The molecule has 1 fully saturated rings. The molecule has 1 aromatic rings. The number of hydrogen-bond donors (Lipinski definition) is 1. The fourth-order valence-corrected chi connectivity index (χ4v) is 3.61. The van der Waals surface area contributed by atoms with Crippen LogP contribution in [-0.4, -0.2) is 49.2 Å². The van der Waals surface area contributed by atoms with E-state index in [1.54, 1.807) is 11.3 Å². The molecule has 1 atom stereocenters. The van der Waals surface area contributed by atoms with Gasteiger partial charge in [0.2, 0.25) is 0 Å². The minimum atomic E-state index is 0.546. The summed E-state index contributed by atoms with van der Waals surface area (Å²) < 4.78 is 0. The molecule has 114 valence electrons. The van der Waals surface area contributed by atoms with Crippen LogP contribution in [0.3, 0.4) is 0 Å². The Hall–Kier alpha value is -0.650. The lowest BCUT2D eigenvalue weighted by Gasteiger charge is -2.27. The molecule has 1 aliphatic heterocycles. The molecule has 1 N–H and O–H groups in total. The molecular formula is C15H28N4S. The molecule has 0 bridgehead atoms. The van der Waals surface area contributed by atoms with E-state index in [1.165, 1.54) is 23.8 Å². The summed E-state index contributed by atoms with van der Waals surface area (Å²) in [5.74, 6) is 0.689. The maximum absolute atomic E-state index is 4.81. The van der Waals surface area contributed by atoms with Crippen LogP contribution < -0.4 is 10.2 Å². The van der Waals surface area contributed by atoms with E-state index in [-0.39, 0.29) is 0 Å². The van der Waals surface area contributed by atoms with Crippen LogP contribution in [0, 0.1) is 5.92 Å². The molecule has 5 heteroatoms. The molecule has 0 saturated carbocycles. The summed E-state index contributed by atoms with van der Waals surface area (Å²) in [6, 6.07) is 0.546. The number of aromatic nitrogens is 1. The first-order valence-corrected chi connectivity index (χ1v) is 8.54. The van der Waals surface area contributed by atoms with E-state index in [4.69, 9.17) is 4.98 Å². The highest BCUT2D eigenvalue weighted by molar-refractivity contribution is 7.13. The van der Waals surface area contributed by atoms with Crippen molar-refractivity contribution in [3.05, 3.63) is 11.1 Å². The minimum absolute atomic E-state index is 0.546.